The number of fused-ring (bicyclic) bond motifs is 2. The van der Waals surface area contributed by atoms with Gasteiger partial charge in [-0.25, -0.2) is 9.59 Å². The number of rotatable bonds is 9. The van der Waals surface area contributed by atoms with Crippen molar-refractivity contribution in [2.75, 3.05) is 13.2 Å². The highest BCUT2D eigenvalue weighted by atomic mass is 16.7. The lowest BCUT2D eigenvalue weighted by molar-refractivity contribution is -0.162. The molecule has 180 valence electrons. The number of nitrogens with zero attached hydrogens (tertiary/aromatic N) is 1. The van der Waals surface area contributed by atoms with Gasteiger partial charge in [0.05, 0.1) is 12.0 Å². The molecule has 1 amide bonds. The molecule has 2 aliphatic heterocycles. The molecule has 4 rings (SSSR count). The number of carbonyl (C=O) groups excluding carboxylic acids is 4. The highest BCUT2D eigenvalue weighted by Crippen LogP contribution is 2.48. The minimum atomic E-state index is -0.885. The van der Waals surface area contributed by atoms with E-state index >= 15 is 0 Å². The van der Waals surface area contributed by atoms with E-state index in [1.165, 1.54) is 17.1 Å². The molecule has 2 aromatic carbocycles. The molecule has 35 heavy (non-hydrogen) atoms. The molecule has 2 heterocycles. The molecule has 8 heteroatoms. The molecule has 3 atom stereocenters. The average Bonchev–Trinajstić information content (AvgIpc) is 3.20. The van der Waals surface area contributed by atoms with Crippen LogP contribution < -0.4 is 0 Å². The molecule has 1 fully saturated rings. The summed E-state index contributed by atoms with van der Waals surface area (Å²) >= 11 is 0. The van der Waals surface area contributed by atoms with Gasteiger partial charge in [0, 0.05) is 5.56 Å². The number of hydrogen-bond acceptors (Lipinski definition) is 7. The fourth-order valence-corrected chi connectivity index (χ4v) is 4.62. The van der Waals surface area contributed by atoms with E-state index in [9.17, 15) is 19.2 Å². The average molecular weight is 475 g/mol. The second-order valence-corrected chi connectivity index (χ2v) is 8.33. The predicted molar refractivity (Wildman–Crippen MR) is 128 cm³/mol. The second-order valence-electron chi connectivity index (χ2n) is 8.33. The van der Waals surface area contributed by atoms with Crippen molar-refractivity contribution in [1.82, 2.24) is 4.90 Å². The normalized spacial score (nSPS) is 19.5. The predicted octanol–water partition coefficient (Wildman–Crippen LogP) is 4.05. The molecule has 0 bridgehead atoms. The van der Waals surface area contributed by atoms with Crippen molar-refractivity contribution in [3.8, 4) is 0 Å². The largest absolute Gasteiger partial charge is 0.508 e. The number of aldehydes is 1. The molecule has 0 spiro atoms. The smallest absolute Gasteiger partial charge is 0.457 e. The van der Waals surface area contributed by atoms with E-state index in [0.29, 0.717) is 17.6 Å². The zero-order valence-electron chi connectivity index (χ0n) is 19.3. The number of carbonyl (C=O) groups is 4. The number of esters is 1. The molecule has 2 aliphatic rings. The highest BCUT2D eigenvalue weighted by Gasteiger charge is 2.58. The fourth-order valence-electron chi connectivity index (χ4n) is 4.62. The lowest BCUT2D eigenvalue weighted by atomic mass is 9.82. The third-order valence-corrected chi connectivity index (χ3v) is 6.19. The number of ether oxygens (including phenoxy) is 3. The molecule has 0 aromatic heterocycles. The Bertz CT molecular complexity index is 1260. The summed E-state index contributed by atoms with van der Waals surface area (Å²) in [6.45, 7) is 8.68. The third kappa shape index (κ3) is 4.47. The van der Waals surface area contributed by atoms with Crippen LogP contribution in [0.15, 0.2) is 67.4 Å². The van der Waals surface area contributed by atoms with Gasteiger partial charge in [0.2, 0.25) is 5.91 Å². The molecular formula is C27H25NO7. The molecule has 0 unspecified atom stereocenters. The monoisotopic (exact) mass is 475 g/mol. The molecule has 0 saturated carbocycles. The molecule has 8 nitrogen and oxygen atoms in total. The maximum absolute atomic E-state index is 13.1. The van der Waals surface area contributed by atoms with Crippen LogP contribution in [-0.4, -0.2) is 54.6 Å². The van der Waals surface area contributed by atoms with Crippen molar-refractivity contribution in [3.05, 3.63) is 78.5 Å². The first kappa shape index (κ1) is 23.9. The molecular weight excluding hydrogens is 450 g/mol. The summed E-state index contributed by atoms with van der Waals surface area (Å²) in [6, 6.07) is 10.6. The van der Waals surface area contributed by atoms with Crippen molar-refractivity contribution in [2.45, 2.75) is 25.5 Å². The first-order valence-electron chi connectivity index (χ1n) is 11.2. The Morgan fingerprint density at radius 1 is 1.09 bits per heavy atom. The maximum Gasteiger partial charge on any atom is 0.508 e. The zero-order valence-corrected chi connectivity index (χ0v) is 19.3. The molecule has 0 N–H and O–H groups in total. The van der Waals surface area contributed by atoms with Crippen LogP contribution in [0.2, 0.25) is 0 Å². The van der Waals surface area contributed by atoms with Crippen molar-refractivity contribution in [2.24, 2.45) is 5.92 Å². The minimum Gasteiger partial charge on any atom is -0.457 e. The Labute approximate surface area is 202 Å². The first-order valence-corrected chi connectivity index (χ1v) is 11.2. The Balaban J connectivity index is 1.65. The van der Waals surface area contributed by atoms with Gasteiger partial charge >= 0.3 is 12.1 Å². The minimum absolute atomic E-state index is 0.00101. The highest BCUT2D eigenvalue weighted by molar-refractivity contribution is 6.07. The number of hydrogen-bond donors (Lipinski definition) is 0. The van der Waals surface area contributed by atoms with Gasteiger partial charge in [0.15, 0.2) is 0 Å². The summed E-state index contributed by atoms with van der Waals surface area (Å²) in [5.41, 5.74) is 2.19. The number of β-lactam (4-membered cyclic amide) rings is 1. The maximum atomic E-state index is 13.1. The Kier molecular flexibility index (Phi) is 6.82. The van der Waals surface area contributed by atoms with E-state index in [4.69, 9.17) is 14.2 Å². The van der Waals surface area contributed by atoms with Crippen LogP contribution in [0.25, 0.3) is 16.3 Å². The van der Waals surface area contributed by atoms with Gasteiger partial charge in [-0.05, 0) is 47.4 Å². The summed E-state index contributed by atoms with van der Waals surface area (Å²) in [5.74, 6) is -1.57. The number of amides is 1. The summed E-state index contributed by atoms with van der Waals surface area (Å²) in [4.78, 5) is 50.5. The Hall–Kier alpha value is -4.20. The van der Waals surface area contributed by atoms with Crippen LogP contribution in [0.4, 0.5) is 4.79 Å². The Morgan fingerprint density at radius 3 is 2.49 bits per heavy atom. The van der Waals surface area contributed by atoms with Crippen LogP contribution in [0.3, 0.4) is 0 Å². The summed E-state index contributed by atoms with van der Waals surface area (Å²) < 4.78 is 15.4. The van der Waals surface area contributed by atoms with E-state index in [2.05, 4.69) is 13.2 Å². The van der Waals surface area contributed by atoms with E-state index in [-0.39, 0.29) is 30.9 Å². The van der Waals surface area contributed by atoms with Crippen molar-refractivity contribution in [1.29, 1.82) is 0 Å². The van der Waals surface area contributed by atoms with E-state index < -0.39 is 24.1 Å². The van der Waals surface area contributed by atoms with Gasteiger partial charge in [0.1, 0.15) is 31.3 Å². The van der Waals surface area contributed by atoms with Gasteiger partial charge in [-0.15, -0.1) is 0 Å². The molecule has 0 radical (unpaired) electrons. The van der Waals surface area contributed by atoms with Gasteiger partial charge in [-0.3, -0.25) is 9.59 Å². The van der Waals surface area contributed by atoms with Crippen LogP contribution in [0.1, 0.15) is 29.3 Å². The second kappa shape index (κ2) is 9.97. The fraction of sp³-hybridized carbons (Fsp3) is 0.259. The van der Waals surface area contributed by atoms with Gasteiger partial charge < -0.3 is 19.1 Å². The van der Waals surface area contributed by atoms with Crippen molar-refractivity contribution in [3.63, 3.8) is 0 Å². The molecule has 0 aliphatic carbocycles. The molecule has 2 aromatic rings. The van der Waals surface area contributed by atoms with Crippen LogP contribution >= 0.6 is 0 Å². The summed E-state index contributed by atoms with van der Waals surface area (Å²) in [7, 11) is 0. The van der Waals surface area contributed by atoms with Gasteiger partial charge in [0.25, 0.3) is 0 Å². The standard InChI is InChI=1S/C27H25NO7/c1-4-10-33-26(31)24-21(20-9-8-18-12-17(15-29)6-7-19(18)13-20)14-22-23(25(30)28(22)24)16(3)35-27(32)34-11-5-2/h4-9,12-13,15-16,22-23H,1-2,10-11,14H2,3H3/t16-,22-,23-/m1/s1. The Morgan fingerprint density at radius 2 is 1.77 bits per heavy atom. The van der Waals surface area contributed by atoms with E-state index in [1.807, 2.05) is 24.3 Å². The lowest BCUT2D eigenvalue weighted by Gasteiger charge is -2.45. The topological polar surface area (TPSA) is 99.2 Å². The van der Waals surface area contributed by atoms with E-state index in [0.717, 1.165) is 22.6 Å². The van der Waals surface area contributed by atoms with Crippen molar-refractivity contribution < 1.29 is 33.4 Å². The van der Waals surface area contributed by atoms with Gasteiger partial charge in [-0.2, -0.15) is 0 Å². The number of benzene rings is 2. The van der Waals surface area contributed by atoms with Crippen LogP contribution in [0, 0.1) is 5.92 Å². The third-order valence-electron chi connectivity index (χ3n) is 6.19. The van der Waals surface area contributed by atoms with Crippen LogP contribution in [-0.2, 0) is 23.8 Å². The lowest BCUT2D eigenvalue weighted by Crippen LogP contribution is -2.62. The summed E-state index contributed by atoms with van der Waals surface area (Å²) in [5, 5.41) is 1.77. The van der Waals surface area contributed by atoms with Crippen molar-refractivity contribution >= 4 is 40.7 Å². The van der Waals surface area contributed by atoms with E-state index in [1.54, 1.807) is 19.1 Å². The van der Waals surface area contributed by atoms with Gasteiger partial charge in [-0.1, -0.05) is 49.6 Å². The molecule has 1 saturated heterocycles. The SMILES string of the molecule is C=CCOC(=O)O[C@H](C)[C@H]1C(=O)N2C(C(=O)OCC=C)=C(c3ccc4cc(C=O)ccc4c3)C[C@H]12. The van der Waals surface area contributed by atoms with Crippen LogP contribution in [0.5, 0.6) is 0 Å². The zero-order chi connectivity index (χ0) is 25.1. The summed E-state index contributed by atoms with van der Waals surface area (Å²) in [6.07, 6.45) is 2.42. The first-order chi connectivity index (χ1) is 16.9. The quantitative estimate of drug-likeness (QED) is 0.233.